The third-order valence-corrected chi connectivity index (χ3v) is 3.92. The maximum absolute atomic E-state index is 12.0. The number of carbonyl (C=O) groups is 1. The van der Waals surface area contributed by atoms with Crippen LogP contribution in [0.4, 0.5) is 0 Å². The second kappa shape index (κ2) is 7.50. The fourth-order valence-electron chi connectivity index (χ4n) is 2.11. The summed E-state index contributed by atoms with van der Waals surface area (Å²) in [6.07, 6.45) is 0.580. The number of aromatic nitrogens is 1. The van der Waals surface area contributed by atoms with Crippen LogP contribution in [0.15, 0.2) is 36.4 Å². The zero-order valence-electron chi connectivity index (χ0n) is 11.3. The summed E-state index contributed by atoms with van der Waals surface area (Å²) in [5.74, 6) is -0.219. The minimum Gasteiger partial charge on any atom is -0.396 e. The first-order chi connectivity index (χ1) is 10.1. The van der Waals surface area contributed by atoms with Crippen molar-refractivity contribution < 1.29 is 9.90 Å². The van der Waals surface area contributed by atoms with Gasteiger partial charge in [-0.2, -0.15) is 0 Å². The number of aromatic amines is 1. The van der Waals surface area contributed by atoms with Crippen LogP contribution >= 0.6 is 23.2 Å². The average Bonchev–Trinajstić information content (AvgIpc) is 2.84. The number of hydrogen-bond donors (Lipinski definition) is 3. The summed E-state index contributed by atoms with van der Waals surface area (Å²) in [6, 6.07) is 11.3. The van der Waals surface area contributed by atoms with Gasteiger partial charge in [-0.15, -0.1) is 0 Å². The molecule has 1 aromatic carbocycles. The van der Waals surface area contributed by atoms with Gasteiger partial charge in [0.1, 0.15) is 10.8 Å². The SMILES string of the molecule is O=C(NCC(CCO)c1ccccc1)c1cc(Cl)c(Cl)[nH]1. The van der Waals surface area contributed by atoms with Crippen LogP contribution in [-0.4, -0.2) is 29.1 Å². The normalized spacial score (nSPS) is 12.1. The first-order valence-corrected chi connectivity index (χ1v) is 7.35. The molecule has 0 spiro atoms. The first kappa shape index (κ1) is 15.9. The van der Waals surface area contributed by atoms with E-state index in [0.717, 1.165) is 5.56 Å². The van der Waals surface area contributed by atoms with Crippen molar-refractivity contribution in [3.63, 3.8) is 0 Å². The van der Waals surface area contributed by atoms with Crippen LogP contribution in [0, 0.1) is 0 Å². The molecule has 1 heterocycles. The van der Waals surface area contributed by atoms with E-state index < -0.39 is 0 Å². The molecule has 112 valence electrons. The van der Waals surface area contributed by atoms with E-state index in [-0.39, 0.29) is 23.6 Å². The Morgan fingerprint density at radius 3 is 2.57 bits per heavy atom. The second-order valence-corrected chi connectivity index (χ2v) is 5.46. The van der Waals surface area contributed by atoms with Crippen LogP contribution in [-0.2, 0) is 0 Å². The Kier molecular flexibility index (Phi) is 5.67. The van der Waals surface area contributed by atoms with Crippen LogP contribution in [0.5, 0.6) is 0 Å². The highest BCUT2D eigenvalue weighted by atomic mass is 35.5. The van der Waals surface area contributed by atoms with Crippen LogP contribution in [0.25, 0.3) is 0 Å². The molecule has 0 aliphatic rings. The van der Waals surface area contributed by atoms with E-state index in [1.807, 2.05) is 30.3 Å². The van der Waals surface area contributed by atoms with Crippen molar-refractivity contribution in [3.8, 4) is 0 Å². The molecule has 1 amide bonds. The molecule has 21 heavy (non-hydrogen) atoms. The summed E-state index contributed by atoms with van der Waals surface area (Å²) in [5, 5.41) is 12.6. The standard InChI is InChI=1S/C15H16Cl2N2O2/c16-12-8-13(19-14(12)17)15(21)18-9-11(6-7-20)10-4-2-1-3-5-10/h1-5,8,11,19-20H,6-7,9H2,(H,18,21). The number of halogens is 2. The van der Waals surface area contributed by atoms with E-state index in [2.05, 4.69) is 10.3 Å². The summed E-state index contributed by atoms with van der Waals surface area (Å²) in [5.41, 5.74) is 1.40. The molecule has 2 aromatic rings. The Morgan fingerprint density at radius 2 is 2.00 bits per heavy atom. The predicted molar refractivity (Wildman–Crippen MR) is 84.0 cm³/mol. The van der Waals surface area contributed by atoms with E-state index in [9.17, 15) is 4.79 Å². The van der Waals surface area contributed by atoms with Crippen molar-refractivity contribution in [2.75, 3.05) is 13.2 Å². The highest BCUT2D eigenvalue weighted by molar-refractivity contribution is 6.41. The minimum absolute atomic E-state index is 0.0565. The molecule has 0 aliphatic carbocycles. The van der Waals surface area contributed by atoms with E-state index in [1.165, 1.54) is 6.07 Å². The molecule has 6 heteroatoms. The van der Waals surface area contributed by atoms with Gasteiger partial charge in [-0.1, -0.05) is 53.5 Å². The monoisotopic (exact) mass is 326 g/mol. The molecule has 0 bridgehead atoms. The van der Waals surface area contributed by atoms with Gasteiger partial charge in [0.15, 0.2) is 0 Å². The number of amides is 1. The lowest BCUT2D eigenvalue weighted by molar-refractivity contribution is 0.0945. The lowest BCUT2D eigenvalue weighted by atomic mass is 9.96. The Morgan fingerprint density at radius 1 is 1.29 bits per heavy atom. The van der Waals surface area contributed by atoms with Gasteiger partial charge in [0.05, 0.1) is 5.02 Å². The van der Waals surface area contributed by atoms with Crippen molar-refractivity contribution in [1.82, 2.24) is 10.3 Å². The van der Waals surface area contributed by atoms with Gasteiger partial charge in [0.25, 0.3) is 5.91 Å². The van der Waals surface area contributed by atoms with Crippen molar-refractivity contribution in [3.05, 3.63) is 57.8 Å². The van der Waals surface area contributed by atoms with E-state index in [0.29, 0.717) is 23.7 Å². The number of aliphatic hydroxyl groups is 1. The summed E-state index contributed by atoms with van der Waals surface area (Å²) in [6.45, 7) is 0.493. The van der Waals surface area contributed by atoms with E-state index in [1.54, 1.807) is 0 Å². The van der Waals surface area contributed by atoms with Gasteiger partial charge in [-0.25, -0.2) is 0 Å². The fraction of sp³-hybridized carbons (Fsp3) is 0.267. The maximum Gasteiger partial charge on any atom is 0.267 e. The van der Waals surface area contributed by atoms with Crippen molar-refractivity contribution in [2.45, 2.75) is 12.3 Å². The van der Waals surface area contributed by atoms with Crippen LogP contribution in [0.2, 0.25) is 10.2 Å². The molecule has 0 saturated heterocycles. The molecule has 0 saturated carbocycles. The summed E-state index contributed by atoms with van der Waals surface area (Å²) < 4.78 is 0. The number of hydrogen-bond acceptors (Lipinski definition) is 2. The second-order valence-electron chi connectivity index (χ2n) is 4.67. The Hall–Kier alpha value is -1.49. The molecular weight excluding hydrogens is 311 g/mol. The molecule has 0 fully saturated rings. The highest BCUT2D eigenvalue weighted by Gasteiger charge is 2.15. The lowest BCUT2D eigenvalue weighted by Crippen LogP contribution is -2.29. The van der Waals surface area contributed by atoms with Gasteiger partial charge < -0.3 is 15.4 Å². The first-order valence-electron chi connectivity index (χ1n) is 6.60. The number of nitrogens with one attached hydrogen (secondary N) is 2. The largest absolute Gasteiger partial charge is 0.396 e. The van der Waals surface area contributed by atoms with Crippen molar-refractivity contribution >= 4 is 29.1 Å². The number of benzene rings is 1. The van der Waals surface area contributed by atoms with Gasteiger partial charge in [0, 0.05) is 19.1 Å². The smallest absolute Gasteiger partial charge is 0.267 e. The van der Waals surface area contributed by atoms with Crippen molar-refractivity contribution in [2.24, 2.45) is 0 Å². The highest BCUT2D eigenvalue weighted by Crippen LogP contribution is 2.22. The van der Waals surface area contributed by atoms with E-state index in [4.69, 9.17) is 28.3 Å². The molecule has 4 nitrogen and oxygen atoms in total. The molecule has 1 atom stereocenters. The molecule has 0 radical (unpaired) electrons. The fourth-order valence-corrected chi connectivity index (χ4v) is 2.42. The molecule has 2 rings (SSSR count). The topological polar surface area (TPSA) is 65.1 Å². The Labute approximate surface area is 133 Å². The van der Waals surface area contributed by atoms with Crippen LogP contribution < -0.4 is 5.32 Å². The van der Waals surface area contributed by atoms with Crippen LogP contribution in [0.1, 0.15) is 28.4 Å². The predicted octanol–water partition coefficient (Wildman–Crippen LogP) is 3.22. The van der Waals surface area contributed by atoms with Gasteiger partial charge in [0.2, 0.25) is 0 Å². The molecule has 3 N–H and O–H groups in total. The van der Waals surface area contributed by atoms with E-state index >= 15 is 0 Å². The minimum atomic E-state index is -0.275. The lowest BCUT2D eigenvalue weighted by Gasteiger charge is -2.16. The van der Waals surface area contributed by atoms with Gasteiger partial charge in [-0.3, -0.25) is 4.79 Å². The van der Waals surface area contributed by atoms with Gasteiger partial charge >= 0.3 is 0 Å². The summed E-state index contributed by atoms with van der Waals surface area (Å²) >= 11 is 11.6. The third-order valence-electron chi connectivity index (χ3n) is 3.23. The number of rotatable bonds is 6. The summed E-state index contributed by atoms with van der Waals surface area (Å²) in [4.78, 5) is 14.7. The molecule has 0 aliphatic heterocycles. The van der Waals surface area contributed by atoms with Crippen molar-refractivity contribution in [1.29, 1.82) is 0 Å². The maximum atomic E-state index is 12.0. The zero-order valence-corrected chi connectivity index (χ0v) is 12.8. The van der Waals surface area contributed by atoms with Crippen LogP contribution in [0.3, 0.4) is 0 Å². The molecule has 1 aromatic heterocycles. The zero-order chi connectivity index (χ0) is 15.2. The molecule has 1 unspecified atom stereocenters. The number of aliphatic hydroxyl groups excluding tert-OH is 1. The Bertz CT molecular complexity index is 579. The number of carbonyl (C=O) groups excluding carboxylic acids is 1. The summed E-state index contributed by atoms with van der Waals surface area (Å²) in [7, 11) is 0. The van der Waals surface area contributed by atoms with Gasteiger partial charge in [-0.05, 0) is 18.1 Å². The Balaban J connectivity index is 2.00. The number of H-pyrrole nitrogens is 1. The quantitative estimate of drug-likeness (QED) is 0.763. The molecular formula is C15H16Cl2N2O2. The average molecular weight is 327 g/mol. The third kappa shape index (κ3) is 4.24.